The molecule has 0 bridgehead atoms. The lowest BCUT2D eigenvalue weighted by atomic mass is 10.1. The van der Waals surface area contributed by atoms with Gasteiger partial charge in [-0.2, -0.15) is 0 Å². The summed E-state index contributed by atoms with van der Waals surface area (Å²) >= 11 is 0. The average molecular weight is 327 g/mol. The molecule has 0 spiro atoms. The van der Waals surface area contributed by atoms with Gasteiger partial charge >= 0.3 is 5.97 Å². The van der Waals surface area contributed by atoms with Crippen molar-refractivity contribution in [2.45, 2.75) is 26.9 Å². The van der Waals surface area contributed by atoms with E-state index in [-0.39, 0.29) is 0 Å². The maximum absolute atomic E-state index is 11.1. The van der Waals surface area contributed by atoms with Crippen molar-refractivity contribution in [3.05, 3.63) is 53.1 Å². The number of carboxylic acid groups (broad SMARTS) is 1. The smallest absolute Gasteiger partial charge is 0.344 e. The highest BCUT2D eigenvalue weighted by molar-refractivity contribution is 5.87. The Hall–Kier alpha value is -2.82. The molecular formula is C19H21NO4. The van der Waals surface area contributed by atoms with Gasteiger partial charge in [-0.05, 0) is 50.1 Å². The molecule has 5 nitrogen and oxygen atoms in total. The summed E-state index contributed by atoms with van der Waals surface area (Å²) < 4.78 is 10.8. The van der Waals surface area contributed by atoms with E-state index >= 15 is 0 Å². The van der Waals surface area contributed by atoms with Crippen molar-refractivity contribution in [2.24, 2.45) is 4.99 Å². The summed E-state index contributed by atoms with van der Waals surface area (Å²) in [7, 11) is 1.51. The molecule has 2 aromatic carbocycles. The third-order valence-electron chi connectivity index (χ3n) is 3.58. The van der Waals surface area contributed by atoms with Gasteiger partial charge in [0.05, 0.1) is 12.8 Å². The van der Waals surface area contributed by atoms with Crippen LogP contribution >= 0.6 is 0 Å². The Morgan fingerprint density at radius 3 is 2.67 bits per heavy atom. The third kappa shape index (κ3) is 4.13. The summed E-state index contributed by atoms with van der Waals surface area (Å²) in [5.41, 5.74) is 3.69. The SMILES string of the molecule is COc1cccc(C=Nc2cc(C)ccc2C)c1O[C@@H](C)C(=O)O. The van der Waals surface area contributed by atoms with Gasteiger partial charge in [0, 0.05) is 11.8 Å². The Balaban J connectivity index is 2.40. The van der Waals surface area contributed by atoms with Crippen molar-refractivity contribution < 1.29 is 19.4 Å². The van der Waals surface area contributed by atoms with Crippen LogP contribution in [0.4, 0.5) is 5.69 Å². The molecule has 0 radical (unpaired) electrons. The van der Waals surface area contributed by atoms with Crippen LogP contribution in [0.25, 0.3) is 0 Å². The zero-order chi connectivity index (χ0) is 17.7. The lowest BCUT2D eigenvalue weighted by Gasteiger charge is -2.15. The third-order valence-corrected chi connectivity index (χ3v) is 3.58. The van der Waals surface area contributed by atoms with E-state index in [9.17, 15) is 4.79 Å². The number of aliphatic carboxylic acids is 1. The highest BCUT2D eigenvalue weighted by Crippen LogP contribution is 2.31. The van der Waals surface area contributed by atoms with Gasteiger partial charge in [-0.15, -0.1) is 0 Å². The van der Waals surface area contributed by atoms with Gasteiger partial charge < -0.3 is 14.6 Å². The number of nitrogens with zero attached hydrogens (tertiary/aromatic N) is 1. The molecule has 2 rings (SSSR count). The number of ether oxygens (including phenoxy) is 2. The highest BCUT2D eigenvalue weighted by Gasteiger charge is 2.17. The molecule has 1 N–H and O–H groups in total. The average Bonchev–Trinajstić information content (AvgIpc) is 2.56. The number of aryl methyl sites for hydroxylation is 2. The second-order valence-corrected chi connectivity index (χ2v) is 5.53. The molecule has 0 saturated carbocycles. The molecule has 24 heavy (non-hydrogen) atoms. The lowest BCUT2D eigenvalue weighted by Crippen LogP contribution is -2.23. The van der Waals surface area contributed by atoms with E-state index in [2.05, 4.69) is 4.99 Å². The van der Waals surface area contributed by atoms with Crippen LogP contribution in [0.5, 0.6) is 11.5 Å². The summed E-state index contributed by atoms with van der Waals surface area (Å²) in [6, 6.07) is 11.4. The minimum atomic E-state index is -1.04. The number of carboxylic acids is 1. The van der Waals surface area contributed by atoms with Crippen LogP contribution in [0.2, 0.25) is 0 Å². The number of rotatable bonds is 6. The van der Waals surface area contributed by atoms with Gasteiger partial charge in [-0.1, -0.05) is 18.2 Å². The molecule has 126 valence electrons. The molecule has 0 unspecified atom stereocenters. The first-order valence-electron chi connectivity index (χ1n) is 7.60. The topological polar surface area (TPSA) is 68.1 Å². The fourth-order valence-corrected chi connectivity index (χ4v) is 2.15. The molecule has 0 aromatic heterocycles. The predicted octanol–water partition coefficient (Wildman–Crippen LogP) is 3.91. The Morgan fingerprint density at radius 2 is 2.00 bits per heavy atom. The number of para-hydroxylation sites is 1. The zero-order valence-corrected chi connectivity index (χ0v) is 14.2. The second kappa shape index (κ2) is 7.64. The fraction of sp³-hybridized carbons (Fsp3) is 0.263. The van der Waals surface area contributed by atoms with E-state index in [1.165, 1.54) is 14.0 Å². The number of aliphatic imine (C=N–C) groups is 1. The van der Waals surface area contributed by atoms with E-state index < -0.39 is 12.1 Å². The maximum atomic E-state index is 11.1. The molecule has 0 aliphatic heterocycles. The minimum Gasteiger partial charge on any atom is -0.493 e. The minimum absolute atomic E-state index is 0.365. The van der Waals surface area contributed by atoms with E-state index in [1.807, 2.05) is 38.1 Å². The molecule has 0 aliphatic rings. The van der Waals surface area contributed by atoms with Crippen molar-refractivity contribution in [3.63, 3.8) is 0 Å². The molecule has 0 amide bonds. The van der Waals surface area contributed by atoms with Crippen molar-refractivity contribution >= 4 is 17.9 Å². The van der Waals surface area contributed by atoms with Gasteiger partial charge in [-0.25, -0.2) is 4.79 Å². The summed E-state index contributed by atoms with van der Waals surface area (Å²) in [5.74, 6) is -0.213. The predicted molar refractivity (Wildman–Crippen MR) is 93.9 cm³/mol. The molecule has 0 heterocycles. The van der Waals surface area contributed by atoms with Gasteiger partial charge in [0.15, 0.2) is 17.6 Å². The van der Waals surface area contributed by atoms with Crippen molar-refractivity contribution in [1.82, 2.24) is 0 Å². The number of hydrogen-bond donors (Lipinski definition) is 1. The second-order valence-electron chi connectivity index (χ2n) is 5.53. The van der Waals surface area contributed by atoms with Gasteiger partial charge in [-0.3, -0.25) is 4.99 Å². The number of methoxy groups -OCH3 is 1. The van der Waals surface area contributed by atoms with Crippen molar-refractivity contribution in [2.75, 3.05) is 7.11 Å². The lowest BCUT2D eigenvalue weighted by molar-refractivity contribution is -0.144. The summed E-state index contributed by atoms with van der Waals surface area (Å²) in [6.07, 6.45) is 0.669. The summed E-state index contributed by atoms with van der Waals surface area (Å²) in [4.78, 5) is 15.6. The molecular weight excluding hydrogens is 306 g/mol. The van der Waals surface area contributed by atoms with Gasteiger partial charge in [0.25, 0.3) is 0 Å². The van der Waals surface area contributed by atoms with Crippen LogP contribution in [0.1, 0.15) is 23.6 Å². The normalized spacial score (nSPS) is 12.2. The number of benzene rings is 2. The van der Waals surface area contributed by atoms with Crippen LogP contribution in [-0.4, -0.2) is 30.5 Å². The number of hydrogen-bond acceptors (Lipinski definition) is 4. The van der Waals surface area contributed by atoms with Crippen LogP contribution < -0.4 is 9.47 Å². The maximum Gasteiger partial charge on any atom is 0.344 e. The van der Waals surface area contributed by atoms with Gasteiger partial charge in [0.2, 0.25) is 0 Å². The summed E-state index contributed by atoms with van der Waals surface area (Å²) in [6.45, 7) is 5.47. The van der Waals surface area contributed by atoms with E-state index in [4.69, 9.17) is 14.6 Å². The first kappa shape index (κ1) is 17.5. The van der Waals surface area contributed by atoms with Crippen LogP contribution in [0.3, 0.4) is 0 Å². The fourth-order valence-electron chi connectivity index (χ4n) is 2.15. The number of carbonyl (C=O) groups is 1. The largest absolute Gasteiger partial charge is 0.493 e. The Bertz CT molecular complexity index is 768. The molecule has 0 saturated heterocycles. The standard InChI is InChI=1S/C19H21NO4/c1-12-8-9-13(2)16(10-12)20-11-15-6-5-7-17(23-4)18(15)24-14(3)19(21)22/h5-11,14H,1-4H3,(H,21,22)/t14-/m0/s1. The van der Waals surface area contributed by atoms with E-state index in [0.29, 0.717) is 17.1 Å². The molecule has 1 atom stereocenters. The van der Waals surface area contributed by atoms with Crippen LogP contribution in [0.15, 0.2) is 41.4 Å². The van der Waals surface area contributed by atoms with E-state index in [0.717, 1.165) is 16.8 Å². The molecule has 0 aliphatic carbocycles. The van der Waals surface area contributed by atoms with Gasteiger partial charge in [0.1, 0.15) is 0 Å². The monoisotopic (exact) mass is 327 g/mol. The Morgan fingerprint density at radius 1 is 1.25 bits per heavy atom. The van der Waals surface area contributed by atoms with Crippen molar-refractivity contribution in [3.8, 4) is 11.5 Å². The Labute approximate surface area is 141 Å². The Kier molecular flexibility index (Phi) is 5.58. The molecule has 2 aromatic rings. The first-order valence-corrected chi connectivity index (χ1v) is 7.60. The van der Waals surface area contributed by atoms with E-state index in [1.54, 1.807) is 18.3 Å². The first-order chi connectivity index (χ1) is 11.4. The summed E-state index contributed by atoms with van der Waals surface area (Å²) in [5, 5.41) is 9.07. The highest BCUT2D eigenvalue weighted by atomic mass is 16.5. The molecule has 5 heteroatoms. The molecule has 0 fully saturated rings. The zero-order valence-electron chi connectivity index (χ0n) is 14.2. The van der Waals surface area contributed by atoms with Crippen LogP contribution in [0, 0.1) is 13.8 Å². The quantitative estimate of drug-likeness (QED) is 0.817. The van der Waals surface area contributed by atoms with Crippen molar-refractivity contribution in [1.29, 1.82) is 0 Å². The van der Waals surface area contributed by atoms with Crippen LogP contribution in [-0.2, 0) is 4.79 Å².